The van der Waals surface area contributed by atoms with Crippen LogP contribution >= 0.6 is 0 Å². The number of amides is 1. The molecule has 2 rings (SSSR count). The monoisotopic (exact) mass is 325 g/mol. The summed E-state index contributed by atoms with van der Waals surface area (Å²) in [5.74, 6) is 0.696. The molecule has 1 aromatic rings. The zero-order valence-corrected chi connectivity index (χ0v) is 13.6. The van der Waals surface area contributed by atoms with Crippen molar-refractivity contribution in [2.75, 3.05) is 12.9 Å². The number of hydrogen-bond acceptors (Lipinski definition) is 5. The highest BCUT2D eigenvalue weighted by atomic mass is 32.2. The van der Waals surface area contributed by atoms with Crippen molar-refractivity contribution in [1.82, 2.24) is 4.72 Å². The van der Waals surface area contributed by atoms with Gasteiger partial charge < -0.3 is 9.47 Å². The third-order valence-corrected chi connectivity index (χ3v) is 3.60. The summed E-state index contributed by atoms with van der Waals surface area (Å²) in [6.45, 7) is 4.34. The van der Waals surface area contributed by atoms with Gasteiger partial charge in [-0.3, -0.25) is 4.79 Å². The highest BCUT2D eigenvalue weighted by Crippen LogP contribution is 2.35. The highest BCUT2D eigenvalue weighted by molar-refractivity contribution is 7.89. The fourth-order valence-electron chi connectivity index (χ4n) is 2.25. The summed E-state index contributed by atoms with van der Waals surface area (Å²) in [6.07, 6.45) is 4.52. The van der Waals surface area contributed by atoms with Crippen LogP contribution in [0.25, 0.3) is 6.08 Å². The van der Waals surface area contributed by atoms with Gasteiger partial charge in [-0.2, -0.15) is 0 Å². The highest BCUT2D eigenvalue weighted by Gasteiger charge is 2.21. The number of sulfonamides is 1. The first-order valence-electron chi connectivity index (χ1n) is 6.94. The Morgan fingerprint density at radius 2 is 2.23 bits per heavy atom. The van der Waals surface area contributed by atoms with E-state index in [2.05, 4.69) is 0 Å². The Morgan fingerprint density at radius 3 is 2.86 bits per heavy atom. The third kappa shape index (κ3) is 4.24. The minimum absolute atomic E-state index is 0.109. The lowest BCUT2D eigenvalue weighted by molar-refractivity contribution is -0.114. The van der Waals surface area contributed by atoms with Gasteiger partial charge in [0.15, 0.2) is 0 Å². The normalized spacial score (nSPS) is 17.1. The van der Waals surface area contributed by atoms with Gasteiger partial charge in [-0.1, -0.05) is 0 Å². The molecule has 0 aliphatic carbocycles. The number of carbonyl (C=O) groups is 1. The number of rotatable bonds is 5. The standard InChI is InChI=1S/C15H19NO5S/c1-4-20-13-9-12-7-10(2)21-14(12)8-11(13)5-6-15(17)16-22(3,18)19/h5-6,8-10H,4,7H2,1-3H3,(H,16,17)/b6-5-/t10-/m1/s1. The molecule has 6 nitrogen and oxygen atoms in total. The first-order chi connectivity index (χ1) is 10.3. The molecule has 0 radical (unpaired) electrons. The van der Waals surface area contributed by atoms with Gasteiger partial charge in [-0.05, 0) is 32.1 Å². The van der Waals surface area contributed by atoms with Crippen LogP contribution < -0.4 is 14.2 Å². The smallest absolute Gasteiger partial charge is 0.257 e. The van der Waals surface area contributed by atoms with Crippen molar-refractivity contribution in [3.63, 3.8) is 0 Å². The van der Waals surface area contributed by atoms with Crippen LogP contribution in [0, 0.1) is 0 Å². The Labute approximate surface area is 130 Å². The van der Waals surface area contributed by atoms with Crippen molar-refractivity contribution < 1.29 is 22.7 Å². The number of ether oxygens (including phenoxy) is 2. The van der Waals surface area contributed by atoms with E-state index in [-0.39, 0.29) is 6.10 Å². The van der Waals surface area contributed by atoms with Crippen molar-refractivity contribution in [3.8, 4) is 11.5 Å². The molecule has 0 bridgehead atoms. The molecule has 0 unspecified atom stereocenters. The van der Waals surface area contributed by atoms with Gasteiger partial charge in [-0.15, -0.1) is 0 Å². The quantitative estimate of drug-likeness (QED) is 0.830. The Morgan fingerprint density at radius 1 is 1.50 bits per heavy atom. The summed E-state index contributed by atoms with van der Waals surface area (Å²) in [4.78, 5) is 11.5. The van der Waals surface area contributed by atoms with Gasteiger partial charge in [0, 0.05) is 23.6 Å². The molecule has 1 aromatic carbocycles. The third-order valence-electron chi connectivity index (χ3n) is 3.03. The summed E-state index contributed by atoms with van der Waals surface area (Å²) >= 11 is 0. The number of benzene rings is 1. The predicted molar refractivity (Wildman–Crippen MR) is 83.4 cm³/mol. The van der Waals surface area contributed by atoms with Crippen molar-refractivity contribution in [2.24, 2.45) is 0 Å². The molecule has 0 saturated heterocycles. The minimum atomic E-state index is -3.57. The Hall–Kier alpha value is -2.02. The van der Waals surface area contributed by atoms with E-state index in [1.807, 2.05) is 24.6 Å². The average molecular weight is 325 g/mol. The lowest BCUT2D eigenvalue weighted by atomic mass is 10.1. The zero-order valence-electron chi connectivity index (χ0n) is 12.8. The predicted octanol–water partition coefficient (Wildman–Crippen LogP) is 1.50. The molecular formula is C15H19NO5S. The number of nitrogens with one attached hydrogen (secondary N) is 1. The van der Waals surface area contributed by atoms with Gasteiger partial charge in [0.25, 0.3) is 5.91 Å². The first-order valence-corrected chi connectivity index (χ1v) is 8.84. The molecule has 1 amide bonds. The zero-order chi connectivity index (χ0) is 16.3. The minimum Gasteiger partial charge on any atom is -0.493 e. The molecule has 7 heteroatoms. The molecule has 120 valence electrons. The van der Waals surface area contributed by atoms with Crippen molar-refractivity contribution >= 4 is 22.0 Å². The molecule has 1 aliphatic heterocycles. The average Bonchev–Trinajstić information content (AvgIpc) is 2.73. The SMILES string of the molecule is CCOc1cc2c(cc1/C=C\C(=O)NS(C)(=O)=O)O[C@H](C)C2. The van der Waals surface area contributed by atoms with Crippen molar-refractivity contribution in [3.05, 3.63) is 29.3 Å². The van der Waals surface area contributed by atoms with Crippen LogP contribution in [-0.2, 0) is 21.2 Å². The van der Waals surface area contributed by atoms with Crippen LogP contribution in [0.5, 0.6) is 11.5 Å². The fourth-order valence-corrected chi connectivity index (χ4v) is 2.68. The van der Waals surface area contributed by atoms with E-state index < -0.39 is 15.9 Å². The molecule has 0 fully saturated rings. The molecule has 1 heterocycles. The number of hydrogen-bond donors (Lipinski definition) is 1. The van der Waals surface area contributed by atoms with Gasteiger partial charge in [-0.25, -0.2) is 13.1 Å². The lowest BCUT2D eigenvalue weighted by Gasteiger charge is -2.10. The molecule has 1 aliphatic rings. The van der Waals surface area contributed by atoms with Crippen LogP contribution in [0.1, 0.15) is 25.0 Å². The lowest BCUT2D eigenvalue weighted by Crippen LogP contribution is -2.27. The van der Waals surface area contributed by atoms with E-state index >= 15 is 0 Å². The van der Waals surface area contributed by atoms with E-state index in [9.17, 15) is 13.2 Å². The summed E-state index contributed by atoms with van der Waals surface area (Å²) in [7, 11) is -3.57. The molecular weight excluding hydrogens is 306 g/mol. The van der Waals surface area contributed by atoms with E-state index in [4.69, 9.17) is 9.47 Å². The number of carbonyl (C=O) groups excluding carboxylic acids is 1. The van der Waals surface area contributed by atoms with Crippen LogP contribution in [0.2, 0.25) is 0 Å². The second-order valence-corrected chi connectivity index (χ2v) is 6.88. The van der Waals surface area contributed by atoms with E-state index in [1.54, 1.807) is 6.07 Å². The molecule has 1 atom stereocenters. The topological polar surface area (TPSA) is 81.7 Å². The van der Waals surface area contributed by atoms with E-state index in [0.717, 1.165) is 30.1 Å². The van der Waals surface area contributed by atoms with Crippen LogP contribution in [-0.4, -0.2) is 33.3 Å². The molecule has 1 N–H and O–H groups in total. The van der Waals surface area contributed by atoms with Crippen LogP contribution in [0.3, 0.4) is 0 Å². The van der Waals surface area contributed by atoms with E-state index in [0.29, 0.717) is 17.9 Å². The summed E-state index contributed by atoms with van der Waals surface area (Å²) in [6, 6.07) is 3.70. The van der Waals surface area contributed by atoms with Gasteiger partial charge in [0.05, 0.1) is 12.9 Å². The van der Waals surface area contributed by atoms with Crippen LogP contribution in [0.4, 0.5) is 0 Å². The first kappa shape index (κ1) is 16.4. The summed E-state index contributed by atoms with van der Waals surface area (Å²) < 4.78 is 35.1. The Kier molecular flexibility index (Phi) is 4.75. The van der Waals surface area contributed by atoms with Crippen LogP contribution in [0.15, 0.2) is 18.2 Å². The molecule has 0 aromatic heterocycles. The van der Waals surface area contributed by atoms with Crippen molar-refractivity contribution in [2.45, 2.75) is 26.4 Å². The fraction of sp³-hybridized carbons (Fsp3) is 0.400. The Balaban J connectivity index is 2.26. The van der Waals surface area contributed by atoms with Gasteiger partial charge in [0.2, 0.25) is 10.0 Å². The summed E-state index contributed by atoms with van der Waals surface area (Å²) in [5, 5.41) is 0. The number of fused-ring (bicyclic) bond motifs is 1. The maximum atomic E-state index is 11.5. The Bertz CT molecular complexity index is 709. The molecule has 22 heavy (non-hydrogen) atoms. The largest absolute Gasteiger partial charge is 0.493 e. The van der Waals surface area contributed by atoms with Crippen molar-refractivity contribution in [1.29, 1.82) is 0 Å². The second kappa shape index (κ2) is 6.39. The van der Waals surface area contributed by atoms with Gasteiger partial charge in [0.1, 0.15) is 17.6 Å². The molecule has 0 saturated carbocycles. The maximum Gasteiger partial charge on any atom is 0.257 e. The van der Waals surface area contributed by atoms with Gasteiger partial charge >= 0.3 is 0 Å². The summed E-state index contributed by atoms with van der Waals surface area (Å²) in [5.41, 5.74) is 1.73. The maximum absolute atomic E-state index is 11.5. The molecule has 0 spiro atoms. The second-order valence-electron chi connectivity index (χ2n) is 5.14. The van der Waals surface area contributed by atoms with E-state index in [1.165, 1.54) is 6.08 Å².